The molecule has 6 aromatic rings. The van der Waals surface area contributed by atoms with Crippen molar-refractivity contribution in [3.8, 4) is 11.5 Å². The molecule has 24 heteroatoms. The van der Waals surface area contributed by atoms with Crippen molar-refractivity contribution in [3.63, 3.8) is 0 Å². The molecule has 1 aliphatic carbocycles. The second kappa shape index (κ2) is 26.9. The first kappa shape index (κ1) is 62.4. The fraction of sp³-hybridized carbons (Fsp3) is 0.415. The van der Waals surface area contributed by atoms with Gasteiger partial charge in [0, 0.05) is 92.3 Å². The van der Waals surface area contributed by atoms with Crippen molar-refractivity contribution in [2.75, 3.05) is 101 Å². The van der Waals surface area contributed by atoms with Gasteiger partial charge in [-0.3, -0.25) is 49.2 Å². The van der Waals surface area contributed by atoms with Gasteiger partial charge in [-0.1, -0.05) is 49.2 Å². The molecule has 3 saturated heterocycles. The normalized spacial score (nSPS) is 18.6. The average molecular weight is 1250 g/mol. The quantitative estimate of drug-likeness (QED) is 0.0173. The Morgan fingerprint density at radius 1 is 0.865 bits per heavy atom. The van der Waals surface area contributed by atoms with E-state index in [-0.39, 0.29) is 52.3 Å². The third-order valence-corrected chi connectivity index (χ3v) is 19.4. The highest BCUT2D eigenvalue weighted by atomic mass is 35.5. The SMILES string of the molecule is CN(CCCNc1cccc2c1C(=O)N(C1CCC(=O)NC1=O)C2=O)CCCN1CCC(CNc2ccc(S(=O)(=O)NC(=O)c3ccc(N4CCN(CC5=C(c6ccc(Cl)cc6)CC(C)(C)CC5)CC4)cc3Oc3cnc4[nH]ccc4c3)cc2[N+](=O)[O-])CC1. The number of allylic oxidation sites excluding steroid dienone is 1. The number of nitro benzene ring substituents is 1. The summed E-state index contributed by atoms with van der Waals surface area (Å²) >= 11 is 6.27. The molecule has 0 bridgehead atoms. The van der Waals surface area contributed by atoms with Crippen LogP contribution < -0.4 is 30.3 Å². The van der Waals surface area contributed by atoms with Gasteiger partial charge < -0.3 is 35.1 Å². The predicted octanol–water partition coefficient (Wildman–Crippen LogP) is 9.17. The van der Waals surface area contributed by atoms with Crippen molar-refractivity contribution in [2.45, 2.75) is 82.6 Å². The minimum Gasteiger partial charge on any atom is -0.455 e. The maximum absolute atomic E-state index is 14.2. The van der Waals surface area contributed by atoms with Gasteiger partial charge in [0.1, 0.15) is 28.9 Å². The number of piperidine rings is 2. The highest BCUT2D eigenvalue weighted by molar-refractivity contribution is 7.90. The summed E-state index contributed by atoms with van der Waals surface area (Å²) in [6, 6.07) is 24.4. The molecule has 0 spiro atoms. The third-order valence-electron chi connectivity index (χ3n) is 17.8. The van der Waals surface area contributed by atoms with Crippen LogP contribution in [0.4, 0.5) is 22.7 Å². The third kappa shape index (κ3) is 14.6. The Kier molecular flexibility index (Phi) is 18.8. The van der Waals surface area contributed by atoms with E-state index < -0.39 is 61.1 Å². The van der Waals surface area contributed by atoms with E-state index in [1.807, 2.05) is 18.2 Å². The van der Waals surface area contributed by atoms with E-state index in [0.717, 1.165) is 124 Å². The largest absolute Gasteiger partial charge is 0.455 e. The number of sulfonamides is 1. The van der Waals surface area contributed by atoms with Crippen LogP contribution in [0.2, 0.25) is 5.02 Å². The molecule has 0 radical (unpaired) electrons. The van der Waals surface area contributed by atoms with Crippen LogP contribution in [0.1, 0.15) is 108 Å². The van der Waals surface area contributed by atoms with Gasteiger partial charge in [0.05, 0.1) is 32.7 Å². The van der Waals surface area contributed by atoms with Crippen LogP contribution in [0.25, 0.3) is 16.6 Å². The number of fused-ring (bicyclic) bond motifs is 2. The summed E-state index contributed by atoms with van der Waals surface area (Å²) in [7, 11) is -2.57. The lowest BCUT2D eigenvalue weighted by atomic mass is 9.72. The van der Waals surface area contributed by atoms with Gasteiger partial charge in [0.2, 0.25) is 11.8 Å². The molecule has 4 aromatic carbocycles. The molecule has 4 aliphatic heterocycles. The lowest BCUT2D eigenvalue weighted by molar-refractivity contribution is -0.384. The zero-order chi connectivity index (χ0) is 62.6. The first-order chi connectivity index (χ1) is 42.7. The molecule has 3 fully saturated rings. The molecule has 1 unspecified atom stereocenters. The Bertz CT molecular complexity index is 3840. The molecule has 5 amide bonds. The van der Waals surface area contributed by atoms with Crippen molar-refractivity contribution in [2.24, 2.45) is 11.3 Å². The molecule has 5 aliphatic rings. The number of halogens is 1. The second-order valence-electron chi connectivity index (χ2n) is 24.7. The molecule has 22 nitrogen and oxygen atoms in total. The average Bonchev–Trinajstić information content (AvgIpc) is 1.86. The molecule has 468 valence electrons. The van der Waals surface area contributed by atoms with Crippen LogP contribution in [0.5, 0.6) is 11.5 Å². The lowest BCUT2D eigenvalue weighted by Crippen LogP contribution is -2.54. The highest BCUT2D eigenvalue weighted by Gasteiger charge is 2.46. The van der Waals surface area contributed by atoms with E-state index in [4.69, 9.17) is 16.3 Å². The van der Waals surface area contributed by atoms with Gasteiger partial charge in [-0.05, 0) is 174 Å². The van der Waals surface area contributed by atoms with Crippen molar-refractivity contribution in [1.82, 2.24) is 39.6 Å². The van der Waals surface area contributed by atoms with Crippen LogP contribution in [0.15, 0.2) is 114 Å². The zero-order valence-electron chi connectivity index (χ0n) is 50.3. The molecule has 1 atom stereocenters. The van der Waals surface area contributed by atoms with Gasteiger partial charge in [0.25, 0.3) is 33.4 Å². The summed E-state index contributed by atoms with van der Waals surface area (Å²) < 4.78 is 36.5. The van der Waals surface area contributed by atoms with Gasteiger partial charge in [-0.15, -0.1) is 0 Å². The Labute approximate surface area is 522 Å². The number of benzene rings is 4. The van der Waals surface area contributed by atoms with Crippen LogP contribution >= 0.6 is 11.6 Å². The molecular weight excluding hydrogens is 1180 g/mol. The molecule has 0 saturated carbocycles. The van der Waals surface area contributed by atoms with Gasteiger partial charge in [0.15, 0.2) is 0 Å². The van der Waals surface area contributed by atoms with Crippen LogP contribution in [0.3, 0.4) is 0 Å². The fourth-order valence-electron chi connectivity index (χ4n) is 12.8. The van der Waals surface area contributed by atoms with Crippen molar-refractivity contribution < 1.29 is 42.1 Å². The number of pyridine rings is 1. The van der Waals surface area contributed by atoms with E-state index in [1.54, 1.807) is 42.6 Å². The maximum Gasteiger partial charge on any atom is 0.293 e. The van der Waals surface area contributed by atoms with Crippen molar-refractivity contribution in [3.05, 3.63) is 146 Å². The summed E-state index contributed by atoms with van der Waals surface area (Å²) in [6.45, 7) is 13.8. The molecule has 2 aromatic heterocycles. The second-order valence-corrected chi connectivity index (χ2v) is 26.8. The zero-order valence-corrected chi connectivity index (χ0v) is 51.9. The number of carbonyl (C=O) groups is 5. The van der Waals surface area contributed by atoms with Gasteiger partial charge >= 0.3 is 0 Å². The smallest absolute Gasteiger partial charge is 0.293 e. The number of aromatic nitrogens is 2. The number of aromatic amines is 1. The number of likely N-dealkylation sites (tertiary alicyclic amines) is 1. The summed E-state index contributed by atoms with van der Waals surface area (Å²) in [4.78, 5) is 94.3. The Morgan fingerprint density at radius 3 is 2.40 bits per heavy atom. The number of hydrogen-bond donors (Lipinski definition) is 5. The van der Waals surface area contributed by atoms with E-state index in [2.05, 4.69) is 83.3 Å². The van der Waals surface area contributed by atoms with Crippen LogP contribution in [-0.2, 0) is 19.6 Å². The number of piperazine rings is 1. The summed E-state index contributed by atoms with van der Waals surface area (Å²) in [5.74, 6) is -2.47. The molecular formula is C65H75ClN12O10S. The number of nitro groups is 1. The molecule has 11 rings (SSSR count). The predicted molar refractivity (Wildman–Crippen MR) is 341 cm³/mol. The highest BCUT2D eigenvalue weighted by Crippen LogP contribution is 2.44. The van der Waals surface area contributed by atoms with E-state index in [1.165, 1.54) is 41.1 Å². The summed E-state index contributed by atoms with van der Waals surface area (Å²) in [6.07, 6.45) is 10.0. The minimum atomic E-state index is -4.63. The van der Waals surface area contributed by atoms with Crippen LogP contribution in [-0.4, -0.2) is 164 Å². The maximum atomic E-state index is 14.2. The number of ether oxygens (including phenoxy) is 1. The number of anilines is 3. The summed E-state index contributed by atoms with van der Waals surface area (Å²) in [5, 5.41) is 22.7. The monoisotopic (exact) mass is 1250 g/mol. The van der Waals surface area contributed by atoms with Gasteiger partial charge in [-0.2, -0.15) is 0 Å². The van der Waals surface area contributed by atoms with E-state index in [0.29, 0.717) is 43.3 Å². The first-order valence-corrected chi connectivity index (χ1v) is 32.4. The standard InChI is InChI=1S/C65H75ClN12O10S/c1-65(2)23-19-45(52(38-65)43-9-11-46(66)12-10-43)41-75-31-33-76(34-32-75)47-13-15-50(57(36-47)88-48-35-44-20-25-68-60(44)70-40-48)61(80)72-89(86,87)49-14-16-53(56(37-49)78(84)85)69-39-42-21-29-74(30-22-42)28-6-27-73(3)26-5-24-67-54-8-4-7-51-59(54)64(83)77(63(51)82)55-17-18-58(79)71-62(55)81/h4,7-16,20,25,35-37,40,42,55,67,69H,5-6,17-19,21-24,26-34,38-39,41H2,1-3H3,(H,68,70)(H,72,80)(H,71,79,81). The van der Waals surface area contributed by atoms with Gasteiger partial charge in [-0.25, -0.2) is 18.1 Å². The lowest BCUT2D eigenvalue weighted by Gasteiger charge is -2.39. The number of carbonyl (C=O) groups excluding carboxylic acids is 5. The van der Waals surface area contributed by atoms with Crippen molar-refractivity contribution >= 4 is 90.5 Å². The number of nitrogens with one attached hydrogen (secondary N) is 5. The Hall–Kier alpha value is -8.22. The fourth-order valence-corrected chi connectivity index (χ4v) is 13.9. The topological polar surface area (TPSA) is 265 Å². The number of H-pyrrole nitrogens is 1. The number of rotatable bonds is 23. The molecule has 5 N–H and O–H groups in total. The summed E-state index contributed by atoms with van der Waals surface area (Å²) in [5.41, 5.74) is 6.39. The number of hydrogen-bond acceptors (Lipinski definition) is 17. The van der Waals surface area contributed by atoms with Crippen LogP contribution in [0, 0.1) is 21.4 Å². The number of nitrogens with zero attached hydrogens (tertiary/aromatic N) is 7. The number of amides is 5. The minimum absolute atomic E-state index is 0.0527. The van der Waals surface area contributed by atoms with E-state index >= 15 is 0 Å². The molecule has 6 heterocycles. The number of imide groups is 2. The first-order valence-electron chi connectivity index (χ1n) is 30.5. The van der Waals surface area contributed by atoms with E-state index in [9.17, 15) is 42.5 Å². The molecule has 89 heavy (non-hydrogen) atoms. The Balaban J connectivity index is 0.653. The Morgan fingerprint density at radius 2 is 1.64 bits per heavy atom. The van der Waals surface area contributed by atoms with Crippen molar-refractivity contribution in [1.29, 1.82) is 0 Å².